The van der Waals surface area contributed by atoms with Gasteiger partial charge in [0.2, 0.25) is 12.1 Å². The molecule has 1 aromatic carbocycles. The molecule has 27 heavy (non-hydrogen) atoms. The van der Waals surface area contributed by atoms with Crippen molar-refractivity contribution in [2.75, 3.05) is 18.4 Å². The molecule has 0 spiro atoms. The zero-order chi connectivity index (χ0) is 17.9. The van der Waals surface area contributed by atoms with Crippen molar-refractivity contribution in [2.45, 2.75) is 31.3 Å². The van der Waals surface area contributed by atoms with Crippen LogP contribution in [0.1, 0.15) is 36.6 Å². The molecule has 4 rings (SSSR count). The smallest absolute Gasteiger partial charge is 0.271 e. The van der Waals surface area contributed by atoms with Crippen LogP contribution in [0.2, 0.25) is 0 Å². The second-order valence-electron chi connectivity index (χ2n) is 6.63. The monoisotopic (exact) mass is 390 g/mol. The standard InChI is InChI=1S/C18H22N6O2.ClH/c1-24-18(20-16(22-24)13-7-9-19-10-8-13)21-17(25)15-11-14(23-26-15)12-5-3-2-4-6-12;/h2-6,13,15,19H,7-11H2,1H3,(H,20,21,22,25);1H. The van der Waals surface area contributed by atoms with Gasteiger partial charge in [-0.05, 0) is 31.5 Å². The van der Waals surface area contributed by atoms with Gasteiger partial charge < -0.3 is 10.2 Å². The lowest BCUT2D eigenvalue weighted by Gasteiger charge is -2.19. The topological polar surface area (TPSA) is 93.4 Å². The summed E-state index contributed by atoms with van der Waals surface area (Å²) in [6.45, 7) is 1.94. The van der Waals surface area contributed by atoms with Crippen LogP contribution in [0, 0.1) is 0 Å². The van der Waals surface area contributed by atoms with Crippen molar-refractivity contribution in [3.8, 4) is 0 Å². The molecule has 0 radical (unpaired) electrons. The fourth-order valence-corrected chi connectivity index (χ4v) is 3.28. The van der Waals surface area contributed by atoms with Gasteiger partial charge in [-0.3, -0.25) is 10.1 Å². The third-order valence-electron chi connectivity index (χ3n) is 4.79. The van der Waals surface area contributed by atoms with Gasteiger partial charge in [-0.1, -0.05) is 35.5 Å². The summed E-state index contributed by atoms with van der Waals surface area (Å²) < 4.78 is 1.61. The number of oxime groups is 1. The van der Waals surface area contributed by atoms with Gasteiger partial charge >= 0.3 is 0 Å². The summed E-state index contributed by atoms with van der Waals surface area (Å²) in [5.74, 6) is 1.31. The minimum Gasteiger partial charge on any atom is -0.382 e. The average molecular weight is 391 g/mol. The summed E-state index contributed by atoms with van der Waals surface area (Å²) >= 11 is 0. The molecule has 1 unspecified atom stereocenters. The lowest BCUT2D eigenvalue weighted by atomic mass is 9.98. The van der Waals surface area contributed by atoms with Crippen molar-refractivity contribution in [2.24, 2.45) is 12.2 Å². The molecule has 0 saturated carbocycles. The van der Waals surface area contributed by atoms with E-state index >= 15 is 0 Å². The third-order valence-corrected chi connectivity index (χ3v) is 4.79. The molecule has 2 aromatic rings. The molecule has 1 amide bonds. The molecule has 144 valence electrons. The van der Waals surface area contributed by atoms with Gasteiger partial charge in [0.25, 0.3) is 5.91 Å². The Morgan fingerprint density at radius 1 is 1.26 bits per heavy atom. The predicted molar refractivity (Wildman–Crippen MR) is 104 cm³/mol. The second kappa shape index (κ2) is 8.49. The first kappa shape index (κ1) is 19.3. The van der Waals surface area contributed by atoms with Crippen LogP contribution in [-0.4, -0.2) is 45.6 Å². The first-order chi connectivity index (χ1) is 12.7. The summed E-state index contributed by atoms with van der Waals surface area (Å²) in [4.78, 5) is 22.4. The molecule has 0 bridgehead atoms. The van der Waals surface area contributed by atoms with Crippen molar-refractivity contribution in [3.63, 3.8) is 0 Å². The number of hydrogen-bond donors (Lipinski definition) is 2. The highest BCUT2D eigenvalue weighted by Crippen LogP contribution is 2.24. The minimum absolute atomic E-state index is 0. The van der Waals surface area contributed by atoms with Crippen molar-refractivity contribution < 1.29 is 9.63 Å². The lowest BCUT2D eigenvalue weighted by Crippen LogP contribution is -2.29. The van der Waals surface area contributed by atoms with Gasteiger partial charge in [0, 0.05) is 19.4 Å². The number of aryl methyl sites for hydroxylation is 1. The number of amides is 1. The third kappa shape index (κ3) is 4.28. The van der Waals surface area contributed by atoms with E-state index in [1.54, 1.807) is 11.7 Å². The summed E-state index contributed by atoms with van der Waals surface area (Å²) in [7, 11) is 1.79. The van der Waals surface area contributed by atoms with Crippen molar-refractivity contribution >= 4 is 30.0 Å². The number of nitrogens with one attached hydrogen (secondary N) is 2. The number of anilines is 1. The number of aromatic nitrogens is 3. The van der Waals surface area contributed by atoms with E-state index in [0.29, 0.717) is 18.3 Å². The van der Waals surface area contributed by atoms with Crippen molar-refractivity contribution in [3.05, 3.63) is 41.7 Å². The maximum atomic E-state index is 12.5. The molecule has 2 aliphatic heterocycles. The highest BCUT2D eigenvalue weighted by atomic mass is 35.5. The van der Waals surface area contributed by atoms with Gasteiger partial charge in [0.05, 0.1) is 5.71 Å². The molecule has 2 aliphatic rings. The molecule has 1 aromatic heterocycles. The molecular weight excluding hydrogens is 368 g/mol. The Hall–Kier alpha value is -2.45. The summed E-state index contributed by atoms with van der Waals surface area (Å²) in [5, 5.41) is 14.7. The Labute approximate surface area is 163 Å². The van der Waals surface area contributed by atoms with Gasteiger partial charge in [-0.25, -0.2) is 4.68 Å². The van der Waals surface area contributed by atoms with E-state index in [1.807, 2.05) is 30.3 Å². The number of halogens is 1. The van der Waals surface area contributed by atoms with Gasteiger partial charge in [-0.2, -0.15) is 10.1 Å². The molecule has 8 nitrogen and oxygen atoms in total. The van der Waals surface area contributed by atoms with Crippen LogP contribution >= 0.6 is 12.4 Å². The number of piperidine rings is 1. The van der Waals surface area contributed by atoms with E-state index in [-0.39, 0.29) is 18.3 Å². The highest BCUT2D eigenvalue weighted by Gasteiger charge is 2.30. The molecule has 1 saturated heterocycles. The zero-order valence-corrected chi connectivity index (χ0v) is 15.9. The van der Waals surface area contributed by atoms with Crippen molar-refractivity contribution in [1.29, 1.82) is 0 Å². The molecular formula is C18H23ClN6O2. The molecule has 1 atom stereocenters. The van der Waals surface area contributed by atoms with Crippen LogP contribution in [0.4, 0.5) is 5.95 Å². The van der Waals surface area contributed by atoms with Gasteiger partial charge in [0.15, 0.2) is 5.82 Å². The van der Waals surface area contributed by atoms with E-state index in [2.05, 4.69) is 25.9 Å². The largest absolute Gasteiger partial charge is 0.382 e. The van der Waals surface area contributed by atoms with Gasteiger partial charge in [0.1, 0.15) is 0 Å². The predicted octanol–water partition coefficient (Wildman–Crippen LogP) is 1.84. The highest BCUT2D eigenvalue weighted by molar-refractivity contribution is 6.05. The zero-order valence-electron chi connectivity index (χ0n) is 15.1. The Morgan fingerprint density at radius 3 is 2.74 bits per heavy atom. The van der Waals surface area contributed by atoms with Crippen LogP contribution in [-0.2, 0) is 16.7 Å². The number of carbonyl (C=O) groups is 1. The Kier molecular flexibility index (Phi) is 6.08. The fraction of sp³-hybridized carbons (Fsp3) is 0.444. The van der Waals surface area contributed by atoms with E-state index in [1.165, 1.54) is 0 Å². The lowest BCUT2D eigenvalue weighted by molar-refractivity contribution is -0.125. The molecule has 3 heterocycles. The maximum Gasteiger partial charge on any atom is 0.271 e. The molecule has 0 aliphatic carbocycles. The first-order valence-electron chi connectivity index (χ1n) is 8.91. The van der Waals surface area contributed by atoms with E-state index in [9.17, 15) is 4.79 Å². The van der Waals surface area contributed by atoms with Crippen molar-refractivity contribution in [1.82, 2.24) is 20.1 Å². The maximum absolute atomic E-state index is 12.5. The van der Waals surface area contributed by atoms with E-state index in [4.69, 9.17) is 4.84 Å². The number of carbonyl (C=O) groups excluding carboxylic acids is 1. The Morgan fingerprint density at radius 2 is 2.00 bits per heavy atom. The van der Waals surface area contributed by atoms with Crippen LogP contribution < -0.4 is 10.6 Å². The number of hydrogen-bond acceptors (Lipinski definition) is 6. The van der Waals surface area contributed by atoms with Gasteiger partial charge in [-0.15, -0.1) is 12.4 Å². The van der Waals surface area contributed by atoms with Crippen LogP contribution in [0.15, 0.2) is 35.5 Å². The SMILES string of the molecule is Cl.Cn1nc(C2CCNCC2)nc1NC(=O)C1CC(c2ccccc2)=NO1. The normalized spacial score (nSPS) is 19.7. The molecule has 1 fully saturated rings. The summed E-state index contributed by atoms with van der Waals surface area (Å²) in [5.41, 5.74) is 1.74. The summed E-state index contributed by atoms with van der Waals surface area (Å²) in [6.07, 6.45) is 1.81. The van der Waals surface area contributed by atoms with Crippen LogP contribution in [0.5, 0.6) is 0 Å². The average Bonchev–Trinajstić information content (AvgIpc) is 3.31. The molecule has 2 N–H and O–H groups in total. The fourth-order valence-electron chi connectivity index (χ4n) is 3.28. The van der Waals surface area contributed by atoms with Crippen LogP contribution in [0.25, 0.3) is 0 Å². The number of nitrogens with zero attached hydrogens (tertiary/aromatic N) is 4. The molecule has 9 heteroatoms. The second-order valence-corrected chi connectivity index (χ2v) is 6.63. The minimum atomic E-state index is -0.649. The Balaban J connectivity index is 0.00000210. The quantitative estimate of drug-likeness (QED) is 0.830. The Bertz CT molecular complexity index is 817. The number of benzene rings is 1. The van der Waals surface area contributed by atoms with E-state index in [0.717, 1.165) is 43.0 Å². The van der Waals surface area contributed by atoms with E-state index < -0.39 is 6.10 Å². The number of rotatable bonds is 4. The first-order valence-corrected chi connectivity index (χ1v) is 8.91. The summed E-state index contributed by atoms with van der Waals surface area (Å²) in [6, 6.07) is 9.73. The van der Waals surface area contributed by atoms with Crippen LogP contribution in [0.3, 0.4) is 0 Å².